The van der Waals surface area contributed by atoms with E-state index < -0.39 is 10.8 Å². The fourth-order valence-corrected chi connectivity index (χ4v) is 3.03. The maximum atomic E-state index is 11.4. The predicted octanol–water partition coefficient (Wildman–Crippen LogP) is 3.41. The molecule has 0 spiro atoms. The van der Waals surface area contributed by atoms with Crippen LogP contribution in [0.5, 0.6) is 0 Å². The molecule has 0 unspecified atom stereocenters. The van der Waals surface area contributed by atoms with E-state index in [1.54, 1.807) is 6.26 Å². The maximum Gasteiger partial charge on any atom is 0.204 e. The summed E-state index contributed by atoms with van der Waals surface area (Å²) in [5.74, 6) is 0.881. The van der Waals surface area contributed by atoms with Crippen LogP contribution in [0.15, 0.2) is 53.4 Å². The van der Waals surface area contributed by atoms with Crippen molar-refractivity contribution >= 4 is 27.8 Å². The molecule has 0 saturated carbocycles. The standard InChI is InChI=1S/C17H19N3OS/c1-3-20-16-7-5-4-6-15(16)19-17(20)18-12-13-8-10-14(11-9-13)22(2)21/h4-11H,3,12H2,1-2H3,(H,18,19)/t22-/m1/s1. The lowest BCUT2D eigenvalue weighted by Gasteiger charge is -2.09. The average Bonchev–Trinajstić information content (AvgIpc) is 2.90. The second-order valence-electron chi connectivity index (χ2n) is 5.12. The first kappa shape index (κ1) is 14.8. The van der Waals surface area contributed by atoms with Crippen molar-refractivity contribution in [1.29, 1.82) is 0 Å². The van der Waals surface area contributed by atoms with E-state index in [0.29, 0.717) is 6.54 Å². The van der Waals surface area contributed by atoms with Gasteiger partial charge in [0.05, 0.1) is 11.0 Å². The minimum absolute atomic E-state index is 0.694. The lowest BCUT2D eigenvalue weighted by Crippen LogP contribution is -2.06. The Morgan fingerprint density at radius 2 is 1.86 bits per heavy atom. The van der Waals surface area contributed by atoms with E-state index in [2.05, 4.69) is 27.9 Å². The van der Waals surface area contributed by atoms with E-state index >= 15 is 0 Å². The molecular formula is C17H19N3OS. The maximum absolute atomic E-state index is 11.4. The van der Waals surface area contributed by atoms with Gasteiger partial charge in [0.2, 0.25) is 5.95 Å². The van der Waals surface area contributed by atoms with Crippen molar-refractivity contribution in [2.75, 3.05) is 11.6 Å². The van der Waals surface area contributed by atoms with Crippen LogP contribution in [-0.4, -0.2) is 20.0 Å². The topological polar surface area (TPSA) is 46.9 Å². The summed E-state index contributed by atoms with van der Waals surface area (Å²) in [6, 6.07) is 16.0. The lowest BCUT2D eigenvalue weighted by atomic mass is 10.2. The number of rotatable bonds is 5. The highest BCUT2D eigenvalue weighted by molar-refractivity contribution is 7.84. The molecule has 0 aliphatic heterocycles. The molecule has 114 valence electrons. The van der Waals surface area contributed by atoms with Gasteiger partial charge in [-0.15, -0.1) is 0 Å². The molecule has 0 aliphatic carbocycles. The number of nitrogens with zero attached hydrogens (tertiary/aromatic N) is 2. The molecule has 0 amide bonds. The van der Waals surface area contributed by atoms with Crippen LogP contribution in [0.25, 0.3) is 11.0 Å². The minimum atomic E-state index is -0.930. The van der Waals surface area contributed by atoms with Crippen LogP contribution >= 0.6 is 0 Å². The Bertz CT molecular complexity index is 808. The molecule has 3 rings (SSSR count). The van der Waals surface area contributed by atoms with Crippen LogP contribution < -0.4 is 5.32 Å². The first-order valence-electron chi connectivity index (χ1n) is 7.30. The number of anilines is 1. The Kier molecular flexibility index (Phi) is 4.24. The third kappa shape index (κ3) is 2.90. The van der Waals surface area contributed by atoms with E-state index in [1.165, 1.54) is 0 Å². The van der Waals surface area contributed by atoms with Crippen LogP contribution in [0.1, 0.15) is 12.5 Å². The highest BCUT2D eigenvalue weighted by Gasteiger charge is 2.08. The SMILES string of the molecule is CCn1c(NCc2ccc([S@@](C)=O)cc2)nc2ccccc21. The van der Waals surface area contributed by atoms with Crippen molar-refractivity contribution in [2.45, 2.75) is 24.9 Å². The number of imidazole rings is 1. The molecule has 0 aliphatic rings. The Morgan fingerprint density at radius 3 is 2.55 bits per heavy atom. The van der Waals surface area contributed by atoms with Gasteiger partial charge in [-0.25, -0.2) is 4.98 Å². The molecule has 0 radical (unpaired) electrons. The molecule has 3 aromatic rings. The first-order chi connectivity index (χ1) is 10.7. The summed E-state index contributed by atoms with van der Waals surface area (Å²) < 4.78 is 13.6. The quantitative estimate of drug-likeness (QED) is 0.785. The minimum Gasteiger partial charge on any atom is -0.352 e. The van der Waals surface area contributed by atoms with Crippen LogP contribution in [0.2, 0.25) is 0 Å². The molecule has 1 atom stereocenters. The highest BCUT2D eigenvalue weighted by Crippen LogP contribution is 2.20. The second kappa shape index (κ2) is 6.32. The first-order valence-corrected chi connectivity index (χ1v) is 8.86. The second-order valence-corrected chi connectivity index (χ2v) is 6.50. The van der Waals surface area contributed by atoms with E-state index in [0.717, 1.165) is 34.0 Å². The van der Waals surface area contributed by atoms with E-state index in [1.807, 2.05) is 42.5 Å². The predicted molar refractivity (Wildman–Crippen MR) is 91.5 cm³/mol. The van der Waals surface area contributed by atoms with E-state index in [-0.39, 0.29) is 0 Å². The van der Waals surface area contributed by atoms with E-state index in [4.69, 9.17) is 0 Å². The number of aromatic nitrogens is 2. The number of fused-ring (bicyclic) bond motifs is 1. The normalized spacial score (nSPS) is 12.5. The molecule has 0 bridgehead atoms. The summed E-state index contributed by atoms with van der Waals surface area (Å²) in [6.45, 7) is 3.68. The van der Waals surface area contributed by atoms with Gasteiger partial charge in [-0.2, -0.15) is 0 Å². The molecule has 1 heterocycles. The fourth-order valence-electron chi connectivity index (χ4n) is 2.51. The summed E-state index contributed by atoms with van der Waals surface area (Å²) in [4.78, 5) is 5.50. The van der Waals surface area contributed by atoms with Crippen molar-refractivity contribution in [3.63, 3.8) is 0 Å². The van der Waals surface area contributed by atoms with Gasteiger partial charge < -0.3 is 9.88 Å². The van der Waals surface area contributed by atoms with Crippen LogP contribution in [0.3, 0.4) is 0 Å². The fraction of sp³-hybridized carbons (Fsp3) is 0.235. The zero-order valence-electron chi connectivity index (χ0n) is 12.7. The number of para-hydroxylation sites is 2. The summed E-state index contributed by atoms with van der Waals surface area (Å²) in [5, 5.41) is 3.39. The lowest BCUT2D eigenvalue weighted by molar-refractivity contribution is 0.687. The summed E-state index contributed by atoms with van der Waals surface area (Å²) in [6.07, 6.45) is 1.69. The molecule has 5 heteroatoms. The molecule has 1 N–H and O–H groups in total. The van der Waals surface area contributed by atoms with Gasteiger partial charge in [-0.05, 0) is 36.8 Å². The van der Waals surface area contributed by atoms with Gasteiger partial charge in [0.1, 0.15) is 0 Å². The van der Waals surface area contributed by atoms with Crippen molar-refractivity contribution < 1.29 is 4.21 Å². The Morgan fingerprint density at radius 1 is 1.14 bits per heavy atom. The summed E-state index contributed by atoms with van der Waals surface area (Å²) in [7, 11) is -0.930. The molecule has 2 aromatic carbocycles. The average molecular weight is 313 g/mol. The number of aryl methyl sites for hydroxylation is 1. The van der Waals surface area contributed by atoms with Crippen molar-refractivity contribution in [3.05, 3.63) is 54.1 Å². The zero-order valence-corrected chi connectivity index (χ0v) is 13.6. The van der Waals surface area contributed by atoms with Gasteiger partial charge in [0.15, 0.2) is 0 Å². The number of hydrogen-bond acceptors (Lipinski definition) is 3. The van der Waals surface area contributed by atoms with Crippen molar-refractivity contribution in [1.82, 2.24) is 9.55 Å². The van der Waals surface area contributed by atoms with Gasteiger partial charge >= 0.3 is 0 Å². The van der Waals surface area contributed by atoms with Crippen LogP contribution in [0, 0.1) is 0 Å². The monoisotopic (exact) mass is 313 g/mol. The third-order valence-corrected chi connectivity index (χ3v) is 4.61. The van der Waals surface area contributed by atoms with Crippen molar-refractivity contribution in [3.8, 4) is 0 Å². The smallest absolute Gasteiger partial charge is 0.204 e. The molecular weight excluding hydrogens is 294 g/mol. The van der Waals surface area contributed by atoms with E-state index in [9.17, 15) is 4.21 Å². The number of nitrogens with one attached hydrogen (secondary N) is 1. The number of benzene rings is 2. The third-order valence-electron chi connectivity index (χ3n) is 3.68. The molecule has 4 nitrogen and oxygen atoms in total. The Balaban J connectivity index is 1.80. The molecule has 0 saturated heterocycles. The van der Waals surface area contributed by atoms with Gasteiger partial charge in [0, 0.05) is 35.0 Å². The van der Waals surface area contributed by atoms with Gasteiger partial charge in [-0.1, -0.05) is 24.3 Å². The van der Waals surface area contributed by atoms with Crippen LogP contribution in [-0.2, 0) is 23.9 Å². The molecule has 22 heavy (non-hydrogen) atoms. The Hall–Kier alpha value is -2.14. The molecule has 0 fully saturated rings. The zero-order chi connectivity index (χ0) is 15.5. The number of hydrogen-bond donors (Lipinski definition) is 1. The highest BCUT2D eigenvalue weighted by atomic mass is 32.2. The summed E-state index contributed by atoms with van der Waals surface area (Å²) >= 11 is 0. The Labute approximate surface area is 132 Å². The van der Waals surface area contributed by atoms with Gasteiger partial charge in [0.25, 0.3) is 0 Å². The molecule has 1 aromatic heterocycles. The largest absolute Gasteiger partial charge is 0.352 e. The van der Waals surface area contributed by atoms with Crippen molar-refractivity contribution in [2.24, 2.45) is 0 Å². The van der Waals surface area contributed by atoms with Gasteiger partial charge in [-0.3, -0.25) is 4.21 Å². The summed E-state index contributed by atoms with van der Waals surface area (Å²) in [5.41, 5.74) is 3.29. The van der Waals surface area contributed by atoms with Crippen LogP contribution in [0.4, 0.5) is 5.95 Å².